The van der Waals surface area contributed by atoms with E-state index in [9.17, 15) is 0 Å². The molecule has 14 heavy (non-hydrogen) atoms. The van der Waals surface area contributed by atoms with Gasteiger partial charge in [-0.25, -0.2) is 0 Å². The highest BCUT2D eigenvalue weighted by Crippen LogP contribution is 2.40. The van der Waals surface area contributed by atoms with Gasteiger partial charge < -0.3 is 4.74 Å². The lowest BCUT2D eigenvalue weighted by atomic mass is 9.99. The van der Waals surface area contributed by atoms with Gasteiger partial charge in [0.1, 0.15) is 0 Å². The fourth-order valence-electron chi connectivity index (χ4n) is 3.50. The van der Waals surface area contributed by atoms with Gasteiger partial charge in [0.15, 0.2) is 0 Å². The number of piperidine rings is 1. The van der Waals surface area contributed by atoms with Crippen LogP contribution in [0.2, 0.25) is 0 Å². The second kappa shape index (κ2) is 3.66. The predicted octanol–water partition coefficient (Wildman–Crippen LogP) is 2.01. The average molecular weight is 216 g/mol. The molecule has 0 radical (unpaired) electrons. The van der Waals surface area contributed by atoms with Crippen LogP contribution in [0.5, 0.6) is 0 Å². The van der Waals surface area contributed by atoms with Crippen molar-refractivity contribution >= 4 is 11.6 Å². The monoisotopic (exact) mass is 215 g/mol. The Morgan fingerprint density at radius 1 is 1.00 bits per heavy atom. The molecule has 2 bridgehead atoms. The summed E-state index contributed by atoms with van der Waals surface area (Å²) in [6, 6.07) is 2.24. The van der Waals surface area contributed by atoms with E-state index in [1.54, 1.807) is 0 Å². The molecule has 0 aromatic carbocycles. The highest BCUT2D eigenvalue weighted by atomic mass is 35.5. The van der Waals surface area contributed by atoms with Gasteiger partial charge in [0.2, 0.25) is 0 Å². The van der Waals surface area contributed by atoms with Crippen LogP contribution in [-0.4, -0.2) is 41.6 Å². The molecule has 0 aromatic heterocycles. The van der Waals surface area contributed by atoms with Crippen LogP contribution in [0, 0.1) is 0 Å². The molecule has 0 N–H and O–H groups in total. The molecule has 0 saturated carbocycles. The minimum Gasteiger partial charge on any atom is -0.380 e. The number of alkyl halides is 1. The van der Waals surface area contributed by atoms with Crippen LogP contribution in [0.4, 0.5) is 0 Å². The number of fused-ring (bicyclic) bond motifs is 2. The van der Waals surface area contributed by atoms with Crippen LogP contribution < -0.4 is 0 Å². The first-order valence-electron chi connectivity index (χ1n) is 5.84. The Labute approximate surface area is 90.5 Å². The lowest BCUT2D eigenvalue weighted by Crippen LogP contribution is -2.49. The largest absolute Gasteiger partial charge is 0.380 e. The highest BCUT2D eigenvalue weighted by molar-refractivity contribution is 6.20. The molecule has 3 aliphatic rings. The van der Waals surface area contributed by atoms with Crippen LogP contribution >= 0.6 is 11.6 Å². The topological polar surface area (TPSA) is 12.5 Å². The van der Waals surface area contributed by atoms with Crippen LogP contribution in [0.1, 0.15) is 32.1 Å². The normalized spacial score (nSPS) is 48.6. The molecule has 0 amide bonds. The highest BCUT2D eigenvalue weighted by Gasteiger charge is 2.44. The number of hydrogen-bond acceptors (Lipinski definition) is 2. The van der Waals surface area contributed by atoms with E-state index in [0.29, 0.717) is 11.4 Å². The van der Waals surface area contributed by atoms with Gasteiger partial charge in [-0.2, -0.15) is 0 Å². The van der Waals surface area contributed by atoms with E-state index in [2.05, 4.69) is 4.90 Å². The first kappa shape index (κ1) is 9.44. The second-order valence-electron chi connectivity index (χ2n) is 4.92. The third kappa shape index (κ3) is 1.48. The molecule has 0 aromatic rings. The number of ether oxygens (including phenoxy) is 1. The second-order valence-corrected chi connectivity index (χ2v) is 5.54. The van der Waals surface area contributed by atoms with Crippen molar-refractivity contribution in [2.24, 2.45) is 0 Å². The van der Waals surface area contributed by atoms with Gasteiger partial charge in [0.05, 0.1) is 6.61 Å². The van der Waals surface area contributed by atoms with Gasteiger partial charge in [-0.1, -0.05) is 0 Å². The first-order chi connectivity index (χ1) is 6.84. The molecule has 3 aliphatic heterocycles. The van der Waals surface area contributed by atoms with E-state index >= 15 is 0 Å². The van der Waals surface area contributed by atoms with E-state index in [4.69, 9.17) is 16.3 Å². The summed E-state index contributed by atoms with van der Waals surface area (Å²) in [7, 11) is 0. The number of hydrogen-bond donors (Lipinski definition) is 0. The van der Waals surface area contributed by atoms with E-state index < -0.39 is 0 Å². The molecule has 80 valence electrons. The molecule has 3 unspecified atom stereocenters. The average Bonchev–Trinajstić information content (AvgIpc) is 2.72. The van der Waals surface area contributed by atoms with Crippen molar-refractivity contribution in [2.45, 2.75) is 55.6 Å². The van der Waals surface area contributed by atoms with Gasteiger partial charge in [-0.05, 0) is 32.1 Å². The smallest absolute Gasteiger partial charge is 0.0622 e. The van der Waals surface area contributed by atoms with Gasteiger partial charge >= 0.3 is 0 Å². The lowest BCUT2D eigenvalue weighted by molar-refractivity contribution is 0.0755. The fourth-order valence-corrected chi connectivity index (χ4v) is 3.91. The van der Waals surface area contributed by atoms with Crippen molar-refractivity contribution in [3.05, 3.63) is 0 Å². The van der Waals surface area contributed by atoms with Crippen LogP contribution in [-0.2, 0) is 4.74 Å². The number of nitrogens with zero attached hydrogens (tertiary/aromatic N) is 1. The Bertz CT molecular complexity index is 203. The van der Waals surface area contributed by atoms with Crippen LogP contribution in [0.15, 0.2) is 0 Å². The lowest BCUT2D eigenvalue weighted by Gasteiger charge is -2.40. The molecular weight excluding hydrogens is 198 g/mol. The Balaban J connectivity index is 1.74. The van der Waals surface area contributed by atoms with Crippen molar-refractivity contribution in [1.82, 2.24) is 4.90 Å². The predicted molar refractivity (Wildman–Crippen MR) is 56.7 cm³/mol. The Kier molecular flexibility index (Phi) is 2.46. The third-order valence-electron chi connectivity index (χ3n) is 4.06. The third-order valence-corrected chi connectivity index (χ3v) is 4.42. The SMILES string of the molecule is ClC1CC2CCC(C1)N2C1CCOC1. The minimum absolute atomic E-state index is 0.436. The summed E-state index contributed by atoms with van der Waals surface area (Å²) in [6.07, 6.45) is 6.37. The summed E-state index contributed by atoms with van der Waals surface area (Å²) < 4.78 is 5.49. The molecule has 0 spiro atoms. The molecule has 3 saturated heterocycles. The maximum Gasteiger partial charge on any atom is 0.0622 e. The van der Waals surface area contributed by atoms with Gasteiger partial charge in [0.25, 0.3) is 0 Å². The van der Waals surface area contributed by atoms with Gasteiger partial charge in [0, 0.05) is 30.1 Å². The molecule has 2 nitrogen and oxygen atoms in total. The van der Waals surface area contributed by atoms with E-state index in [-0.39, 0.29) is 0 Å². The fraction of sp³-hybridized carbons (Fsp3) is 1.00. The summed E-state index contributed by atoms with van der Waals surface area (Å²) in [6.45, 7) is 1.92. The van der Waals surface area contributed by atoms with Crippen molar-refractivity contribution in [2.75, 3.05) is 13.2 Å². The number of halogens is 1. The first-order valence-corrected chi connectivity index (χ1v) is 6.27. The van der Waals surface area contributed by atoms with E-state index in [0.717, 1.165) is 25.3 Å². The van der Waals surface area contributed by atoms with Crippen molar-refractivity contribution < 1.29 is 4.74 Å². The van der Waals surface area contributed by atoms with Crippen LogP contribution in [0.25, 0.3) is 0 Å². The quantitative estimate of drug-likeness (QED) is 0.621. The molecular formula is C11H18ClNO. The zero-order valence-electron chi connectivity index (χ0n) is 8.49. The molecule has 3 rings (SSSR count). The standard InChI is InChI=1S/C11H18ClNO/c12-8-5-9-1-2-10(6-8)13(9)11-3-4-14-7-11/h8-11H,1-7H2. The molecule has 0 aliphatic carbocycles. The number of rotatable bonds is 1. The van der Waals surface area contributed by atoms with Gasteiger partial charge in [-0.3, -0.25) is 4.90 Å². The zero-order chi connectivity index (χ0) is 9.54. The van der Waals surface area contributed by atoms with Gasteiger partial charge in [-0.15, -0.1) is 11.6 Å². The molecule has 3 fully saturated rings. The maximum absolute atomic E-state index is 6.26. The van der Waals surface area contributed by atoms with E-state index in [1.165, 1.54) is 32.1 Å². The summed E-state index contributed by atoms with van der Waals surface area (Å²) in [5.74, 6) is 0. The minimum atomic E-state index is 0.436. The zero-order valence-corrected chi connectivity index (χ0v) is 9.25. The summed E-state index contributed by atoms with van der Waals surface area (Å²) in [4.78, 5) is 2.73. The summed E-state index contributed by atoms with van der Waals surface area (Å²) in [5.41, 5.74) is 0. The Morgan fingerprint density at radius 3 is 2.29 bits per heavy atom. The maximum atomic E-state index is 6.26. The Morgan fingerprint density at radius 2 is 1.71 bits per heavy atom. The molecule has 3 atom stereocenters. The summed E-state index contributed by atoms with van der Waals surface area (Å²) >= 11 is 6.26. The van der Waals surface area contributed by atoms with Crippen molar-refractivity contribution in [1.29, 1.82) is 0 Å². The molecule has 3 heteroatoms. The van der Waals surface area contributed by atoms with Crippen molar-refractivity contribution in [3.8, 4) is 0 Å². The van der Waals surface area contributed by atoms with E-state index in [1.807, 2.05) is 0 Å². The summed E-state index contributed by atoms with van der Waals surface area (Å²) in [5, 5.41) is 0.436. The molecule has 3 heterocycles. The van der Waals surface area contributed by atoms with Crippen molar-refractivity contribution in [3.63, 3.8) is 0 Å². The Hall–Kier alpha value is 0.210. The van der Waals surface area contributed by atoms with Crippen LogP contribution in [0.3, 0.4) is 0 Å².